The third-order valence-corrected chi connectivity index (χ3v) is 4.50. The summed E-state index contributed by atoms with van der Waals surface area (Å²) < 4.78 is 5.09. The van der Waals surface area contributed by atoms with Gasteiger partial charge >= 0.3 is 0 Å². The molecule has 0 aliphatic heterocycles. The summed E-state index contributed by atoms with van der Waals surface area (Å²) in [6, 6.07) is 8.04. The highest BCUT2D eigenvalue weighted by Gasteiger charge is 2.18. The van der Waals surface area contributed by atoms with Crippen LogP contribution < -0.4 is 4.74 Å². The van der Waals surface area contributed by atoms with Gasteiger partial charge in [0.2, 0.25) is 0 Å². The number of phenolic OH excluding ortho intramolecular Hbond substituents is 1. The lowest BCUT2D eigenvalue weighted by Gasteiger charge is -2.29. The van der Waals surface area contributed by atoms with Crippen molar-refractivity contribution in [1.82, 2.24) is 9.88 Å². The van der Waals surface area contributed by atoms with Gasteiger partial charge in [0.05, 0.1) is 12.1 Å². The van der Waals surface area contributed by atoms with Crippen molar-refractivity contribution in [2.24, 2.45) is 0 Å². The lowest BCUT2D eigenvalue weighted by molar-refractivity contribution is 0.185. The molecule has 23 heavy (non-hydrogen) atoms. The Morgan fingerprint density at radius 2 is 2.09 bits per heavy atom. The number of methoxy groups -OCH3 is 1. The fraction of sp³-hybridized carbons (Fsp3) is 0.389. The third kappa shape index (κ3) is 4.36. The van der Waals surface area contributed by atoms with Gasteiger partial charge < -0.3 is 9.84 Å². The molecule has 2 aromatic rings. The minimum Gasteiger partial charge on any atom is -0.503 e. The molecule has 1 heterocycles. The lowest BCUT2D eigenvalue weighted by atomic mass is 10.1. The number of rotatable bonds is 7. The molecule has 0 saturated heterocycles. The Balaban J connectivity index is 2.23. The van der Waals surface area contributed by atoms with Crippen LogP contribution in [0.4, 0.5) is 0 Å². The highest BCUT2D eigenvalue weighted by atomic mass is 35.5. The summed E-state index contributed by atoms with van der Waals surface area (Å²) in [6.45, 7) is 5.79. The molecule has 5 heteroatoms. The van der Waals surface area contributed by atoms with Gasteiger partial charge in [-0.05, 0) is 36.6 Å². The third-order valence-electron chi connectivity index (χ3n) is 4.08. The molecule has 124 valence electrons. The molecule has 4 nitrogen and oxygen atoms in total. The summed E-state index contributed by atoms with van der Waals surface area (Å²) in [5.74, 6) is 0.387. The van der Waals surface area contributed by atoms with Crippen molar-refractivity contribution in [1.29, 1.82) is 0 Å². The van der Waals surface area contributed by atoms with E-state index in [0.717, 1.165) is 24.1 Å². The first-order chi connectivity index (χ1) is 11.1. The van der Waals surface area contributed by atoms with E-state index in [9.17, 15) is 5.11 Å². The standard InChI is InChI=1S/C18H23ClN2O2/c1-4-13(2)21(11-14-6-5-9-20-10-14)12-15-7-8-16(23-3)18(22)17(15)19/h5-10,13,22H,4,11-12H2,1-3H3/t13-/m1/s1. The Morgan fingerprint density at radius 3 is 2.70 bits per heavy atom. The van der Waals surface area contributed by atoms with Crippen LogP contribution in [0, 0.1) is 0 Å². The minimum absolute atomic E-state index is 0.00264. The van der Waals surface area contributed by atoms with Crippen LogP contribution in [0.3, 0.4) is 0 Å². The van der Waals surface area contributed by atoms with Gasteiger partial charge in [-0.25, -0.2) is 0 Å². The second kappa shape index (κ2) is 8.18. The molecule has 0 spiro atoms. The smallest absolute Gasteiger partial charge is 0.177 e. The van der Waals surface area contributed by atoms with Gasteiger partial charge in [0.15, 0.2) is 11.5 Å². The van der Waals surface area contributed by atoms with Gasteiger partial charge in [0, 0.05) is 31.5 Å². The number of aromatic hydroxyl groups is 1. The molecule has 2 rings (SSSR count). The van der Waals surface area contributed by atoms with Crippen LogP contribution >= 0.6 is 11.6 Å². The number of nitrogens with zero attached hydrogens (tertiary/aromatic N) is 2. The minimum atomic E-state index is -0.00264. The lowest BCUT2D eigenvalue weighted by Crippen LogP contribution is -2.31. The molecule has 1 atom stereocenters. The van der Waals surface area contributed by atoms with E-state index in [0.29, 0.717) is 23.4 Å². The van der Waals surface area contributed by atoms with E-state index in [2.05, 4.69) is 29.8 Å². The number of ether oxygens (including phenoxy) is 1. The Morgan fingerprint density at radius 1 is 1.30 bits per heavy atom. The normalized spacial score (nSPS) is 12.4. The molecular formula is C18H23ClN2O2. The zero-order valence-corrected chi connectivity index (χ0v) is 14.5. The van der Waals surface area contributed by atoms with Gasteiger partial charge in [0.25, 0.3) is 0 Å². The molecule has 0 aliphatic rings. The van der Waals surface area contributed by atoms with E-state index in [1.807, 2.05) is 18.3 Å². The van der Waals surface area contributed by atoms with Crippen molar-refractivity contribution in [3.63, 3.8) is 0 Å². The van der Waals surface area contributed by atoms with Crippen molar-refractivity contribution in [2.45, 2.75) is 39.4 Å². The molecule has 0 unspecified atom stereocenters. The summed E-state index contributed by atoms with van der Waals surface area (Å²) >= 11 is 6.30. The predicted molar refractivity (Wildman–Crippen MR) is 92.9 cm³/mol. The second-order valence-electron chi connectivity index (χ2n) is 5.61. The van der Waals surface area contributed by atoms with Gasteiger partial charge in [-0.2, -0.15) is 0 Å². The molecule has 1 aromatic carbocycles. The Hall–Kier alpha value is -1.78. The molecule has 1 aromatic heterocycles. The molecular weight excluding hydrogens is 312 g/mol. The van der Waals surface area contributed by atoms with Crippen molar-refractivity contribution in [3.8, 4) is 11.5 Å². The highest BCUT2D eigenvalue weighted by Crippen LogP contribution is 2.37. The first-order valence-corrected chi connectivity index (χ1v) is 8.11. The molecule has 1 N–H and O–H groups in total. The number of hydrogen-bond donors (Lipinski definition) is 1. The molecule has 0 radical (unpaired) electrons. The van der Waals surface area contributed by atoms with Crippen molar-refractivity contribution >= 4 is 11.6 Å². The van der Waals surface area contributed by atoms with Gasteiger partial charge in [-0.15, -0.1) is 0 Å². The maximum Gasteiger partial charge on any atom is 0.177 e. The van der Waals surface area contributed by atoms with E-state index in [4.69, 9.17) is 16.3 Å². The second-order valence-corrected chi connectivity index (χ2v) is 5.99. The quantitative estimate of drug-likeness (QED) is 0.822. The van der Waals surface area contributed by atoms with Crippen LogP contribution in [0.1, 0.15) is 31.4 Å². The average Bonchev–Trinajstić information content (AvgIpc) is 2.58. The summed E-state index contributed by atoms with van der Waals surface area (Å²) in [5, 5.41) is 10.4. The number of hydrogen-bond acceptors (Lipinski definition) is 4. The monoisotopic (exact) mass is 334 g/mol. The Labute approximate surface area is 142 Å². The summed E-state index contributed by atoms with van der Waals surface area (Å²) in [5.41, 5.74) is 2.04. The van der Waals surface area contributed by atoms with Crippen LogP contribution in [-0.2, 0) is 13.1 Å². The average molecular weight is 335 g/mol. The first-order valence-electron chi connectivity index (χ1n) is 7.74. The molecule has 0 fully saturated rings. The van der Waals surface area contributed by atoms with Crippen LogP contribution in [0.25, 0.3) is 0 Å². The molecule has 0 saturated carbocycles. The number of aromatic nitrogens is 1. The van der Waals surface area contributed by atoms with E-state index < -0.39 is 0 Å². The number of phenols is 1. The predicted octanol–water partition coefficient (Wildman–Crippen LogP) is 4.25. The van der Waals surface area contributed by atoms with Crippen LogP contribution in [0.2, 0.25) is 5.02 Å². The van der Waals surface area contributed by atoms with E-state index >= 15 is 0 Å². The fourth-order valence-electron chi connectivity index (χ4n) is 2.45. The fourth-order valence-corrected chi connectivity index (χ4v) is 2.66. The summed E-state index contributed by atoms with van der Waals surface area (Å²) in [4.78, 5) is 6.50. The number of benzene rings is 1. The zero-order valence-electron chi connectivity index (χ0n) is 13.8. The topological polar surface area (TPSA) is 45.6 Å². The maximum absolute atomic E-state index is 10.1. The highest BCUT2D eigenvalue weighted by molar-refractivity contribution is 6.33. The summed E-state index contributed by atoms with van der Waals surface area (Å²) in [7, 11) is 1.51. The van der Waals surface area contributed by atoms with Crippen LogP contribution in [0.5, 0.6) is 11.5 Å². The Bertz CT molecular complexity index is 634. The zero-order chi connectivity index (χ0) is 16.8. The van der Waals surface area contributed by atoms with Gasteiger partial charge in [-0.1, -0.05) is 30.7 Å². The molecule has 0 amide bonds. The van der Waals surface area contributed by atoms with E-state index in [1.54, 1.807) is 12.3 Å². The van der Waals surface area contributed by atoms with Crippen LogP contribution in [-0.4, -0.2) is 28.1 Å². The van der Waals surface area contributed by atoms with Crippen molar-refractivity contribution < 1.29 is 9.84 Å². The number of pyridine rings is 1. The van der Waals surface area contributed by atoms with E-state index in [-0.39, 0.29) is 5.75 Å². The van der Waals surface area contributed by atoms with Crippen molar-refractivity contribution in [3.05, 3.63) is 52.8 Å². The molecule has 0 bridgehead atoms. The number of halogens is 1. The summed E-state index contributed by atoms with van der Waals surface area (Å²) in [6.07, 6.45) is 4.68. The maximum atomic E-state index is 10.1. The van der Waals surface area contributed by atoms with Gasteiger partial charge in [-0.3, -0.25) is 9.88 Å². The largest absolute Gasteiger partial charge is 0.503 e. The van der Waals surface area contributed by atoms with E-state index in [1.165, 1.54) is 7.11 Å². The first kappa shape index (κ1) is 17.6. The van der Waals surface area contributed by atoms with Crippen LogP contribution in [0.15, 0.2) is 36.7 Å². The SMILES string of the molecule is CC[C@@H](C)N(Cc1cccnc1)Cc1ccc(OC)c(O)c1Cl. The van der Waals surface area contributed by atoms with Gasteiger partial charge in [0.1, 0.15) is 0 Å². The molecule has 0 aliphatic carbocycles. The van der Waals surface area contributed by atoms with Crippen molar-refractivity contribution in [2.75, 3.05) is 7.11 Å². The Kier molecular flexibility index (Phi) is 6.25.